The van der Waals surface area contributed by atoms with Crippen molar-refractivity contribution in [3.63, 3.8) is 0 Å². The molecule has 2 aliphatic heterocycles. The Hall–Kier alpha value is -2.12. The molecule has 0 radical (unpaired) electrons. The Morgan fingerprint density at radius 1 is 1.03 bits per heavy atom. The van der Waals surface area contributed by atoms with Gasteiger partial charge in [-0.1, -0.05) is 20.8 Å². The van der Waals surface area contributed by atoms with Crippen LogP contribution in [0.25, 0.3) is 0 Å². The second-order valence-corrected chi connectivity index (χ2v) is 11.3. The summed E-state index contributed by atoms with van der Waals surface area (Å²) in [5.41, 5.74) is -0.419. The molecule has 0 spiro atoms. The Bertz CT molecular complexity index is 1030. The molecule has 7 atom stereocenters. The lowest BCUT2D eigenvalue weighted by Gasteiger charge is -2.64. The summed E-state index contributed by atoms with van der Waals surface area (Å²) in [6, 6.07) is 1.46. The van der Waals surface area contributed by atoms with Crippen LogP contribution in [0.5, 0.6) is 11.5 Å². The smallest absolute Gasteiger partial charge is 0.342 e. The Balaban J connectivity index is 1.68. The number of phenols is 1. The first-order valence-electron chi connectivity index (χ1n) is 11.5. The Morgan fingerprint density at radius 2 is 1.72 bits per heavy atom. The number of phenolic OH excluding ortho intramolecular Hbond substituents is 1. The second kappa shape index (κ2) is 6.48. The number of aliphatic hydroxyl groups is 2. The predicted octanol–water partition coefficient (Wildman–Crippen LogP) is 2.55. The Labute approximate surface area is 187 Å². The summed E-state index contributed by atoms with van der Waals surface area (Å²) in [7, 11) is 0. The van der Waals surface area contributed by atoms with E-state index in [2.05, 4.69) is 6.92 Å². The van der Waals surface area contributed by atoms with E-state index < -0.39 is 34.6 Å². The molecule has 32 heavy (non-hydrogen) atoms. The molecule has 3 N–H and O–H groups in total. The molecule has 0 aromatic heterocycles. The lowest BCUT2D eigenvalue weighted by Crippen LogP contribution is -2.70. The zero-order chi connectivity index (χ0) is 23.4. The van der Waals surface area contributed by atoms with Gasteiger partial charge in [0.05, 0.1) is 6.10 Å². The minimum atomic E-state index is -1.06. The van der Waals surface area contributed by atoms with Crippen molar-refractivity contribution >= 4 is 11.8 Å². The van der Waals surface area contributed by atoms with Gasteiger partial charge in [-0.05, 0) is 55.6 Å². The van der Waals surface area contributed by atoms with Crippen molar-refractivity contribution in [2.75, 3.05) is 0 Å². The molecule has 7 nitrogen and oxygen atoms in total. The first-order chi connectivity index (χ1) is 14.8. The number of aromatic hydroxyl groups is 1. The number of carbonyl (C=O) groups is 2. The van der Waals surface area contributed by atoms with E-state index in [4.69, 9.17) is 9.47 Å². The van der Waals surface area contributed by atoms with Gasteiger partial charge in [0.2, 0.25) is 0 Å². The van der Waals surface area contributed by atoms with Crippen LogP contribution in [0.3, 0.4) is 0 Å². The predicted molar refractivity (Wildman–Crippen MR) is 115 cm³/mol. The second-order valence-electron chi connectivity index (χ2n) is 11.3. The molecule has 174 valence electrons. The highest BCUT2D eigenvalue weighted by Crippen LogP contribution is 2.64. The third kappa shape index (κ3) is 2.61. The van der Waals surface area contributed by atoms with Gasteiger partial charge in [-0.3, -0.25) is 4.79 Å². The molecule has 2 saturated carbocycles. The molecule has 5 rings (SSSR count). The normalized spacial score (nSPS) is 42.0. The number of esters is 1. The van der Waals surface area contributed by atoms with Crippen LogP contribution in [-0.2, 0) is 22.4 Å². The van der Waals surface area contributed by atoms with Gasteiger partial charge < -0.3 is 24.8 Å². The van der Waals surface area contributed by atoms with Gasteiger partial charge in [-0.25, -0.2) is 4.79 Å². The number of ether oxygens (including phenoxy) is 2. The average Bonchev–Trinajstić information content (AvgIpc) is 2.67. The quantitative estimate of drug-likeness (QED) is 0.527. The van der Waals surface area contributed by atoms with Gasteiger partial charge in [0, 0.05) is 23.8 Å². The van der Waals surface area contributed by atoms with E-state index in [1.807, 2.05) is 27.7 Å². The monoisotopic (exact) mass is 444 g/mol. The number of hydrogen-bond donors (Lipinski definition) is 3. The topological polar surface area (TPSA) is 113 Å². The zero-order valence-corrected chi connectivity index (χ0v) is 19.3. The van der Waals surface area contributed by atoms with Gasteiger partial charge in [-0.15, -0.1) is 0 Å². The van der Waals surface area contributed by atoms with Crippen LogP contribution in [0.1, 0.15) is 68.9 Å². The summed E-state index contributed by atoms with van der Waals surface area (Å²) in [5, 5.41) is 32.6. The van der Waals surface area contributed by atoms with Crippen LogP contribution in [0.15, 0.2) is 6.07 Å². The fraction of sp³-hybridized carbons (Fsp3) is 0.680. The lowest BCUT2D eigenvalue weighted by atomic mass is 9.43. The molecule has 4 aliphatic rings. The minimum absolute atomic E-state index is 0.124. The van der Waals surface area contributed by atoms with E-state index in [1.54, 1.807) is 0 Å². The molecule has 2 aliphatic carbocycles. The van der Waals surface area contributed by atoms with Gasteiger partial charge in [-0.2, -0.15) is 0 Å². The van der Waals surface area contributed by atoms with Crippen molar-refractivity contribution in [2.45, 2.75) is 84.2 Å². The van der Waals surface area contributed by atoms with E-state index in [0.29, 0.717) is 31.4 Å². The molecule has 0 bridgehead atoms. The number of benzene rings is 1. The van der Waals surface area contributed by atoms with Crippen molar-refractivity contribution in [3.05, 3.63) is 22.8 Å². The molecule has 7 unspecified atom stereocenters. The van der Waals surface area contributed by atoms with Crippen LogP contribution >= 0.6 is 0 Å². The zero-order valence-electron chi connectivity index (χ0n) is 19.3. The maximum atomic E-state index is 12.8. The summed E-state index contributed by atoms with van der Waals surface area (Å²) >= 11 is 0. The van der Waals surface area contributed by atoms with E-state index >= 15 is 0 Å². The highest BCUT2D eigenvalue weighted by Gasteiger charge is 2.67. The molecule has 1 aromatic carbocycles. The molecular formula is C25H32O7. The maximum Gasteiger partial charge on any atom is 0.342 e. The number of carbonyl (C=O) groups excluding carboxylic acids is 2. The number of fused-ring (bicyclic) bond motifs is 6. The molecule has 1 aromatic rings. The SMILES string of the molecule is CC1Cc2c3c(cc(O)c2C(=O)O1)OC1(C)C(O)CC2C(C)(C)C(=O)C(O)CC2(C)C1C3. The van der Waals surface area contributed by atoms with Crippen molar-refractivity contribution in [3.8, 4) is 11.5 Å². The van der Waals surface area contributed by atoms with E-state index in [-0.39, 0.29) is 35.0 Å². The van der Waals surface area contributed by atoms with E-state index in [0.717, 1.165) is 11.1 Å². The number of Topliss-reactive ketones (excluding diaryl/α,β-unsaturated/α-hetero) is 1. The number of rotatable bonds is 0. The summed E-state index contributed by atoms with van der Waals surface area (Å²) in [6.07, 6.45) is -0.494. The highest BCUT2D eigenvalue weighted by atomic mass is 16.5. The summed E-state index contributed by atoms with van der Waals surface area (Å²) < 4.78 is 11.8. The van der Waals surface area contributed by atoms with Crippen molar-refractivity contribution in [1.82, 2.24) is 0 Å². The fourth-order valence-corrected chi connectivity index (χ4v) is 7.46. The largest absolute Gasteiger partial charge is 0.507 e. The van der Waals surface area contributed by atoms with Gasteiger partial charge in [0.15, 0.2) is 5.78 Å². The number of hydrogen-bond acceptors (Lipinski definition) is 7. The molecular weight excluding hydrogens is 412 g/mol. The summed E-state index contributed by atoms with van der Waals surface area (Å²) in [5.74, 6) is -0.727. The van der Waals surface area contributed by atoms with E-state index in [1.165, 1.54) is 6.07 Å². The average molecular weight is 445 g/mol. The standard InChI is InChI=1S/C25H32O7/c1-11-6-13-12-7-18-24(4)10-15(27)21(29)23(2,3)17(24)9-19(28)25(18,5)32-16(12)8-14(26)20(13)22(30)31-11/h8,11,15,17-19,26-28H,6-7,9-10H2,1-5H3. The van der Waals surface area contributed by atoms with Gasteiger partial charge in [0.25, 0.3) is 0 Å². The van der Waals surface area contributed by atoms with Crippen LogP contribution < -0.4 is 4.74 Å². The Kier molecular flexibility index (Phi) is 4.39. The maximum absolute atomic E-state index is 12.8. The highest BCUT2D eigenvalue weighted by molar-refractivity contribution is 5.96. The molecule has 2 fully saturated rings. The molecule has 0 saturated heterocycles. The van der Waals surface area contributed by atoms with Gasteiger partial charge in [0.1, 0.15) is 34.9 Å². The fourth-order valence-electron chi connectivity index (χ4n) is 7.46. The van der Waals surface area contributed by atoms with Crippen LogP contribution in [-0.4, -0.2) is 51.0 Å². The third-order valence-corrected chi connectivity index (χ3v) is 9.08. The van der Waals surface area contributed by atoms with Crippen LogP contribution in [0, 0.1) is 22.7 Å². The minimum Gasteiger partial charge on any atom is -0.507 e. The first-order valence-corrected chi connectivity index (χ1v) is 11.5. The number of cyclic esters (lactones) is 1. The van der Waals surface area contributed by atoms with Crippen molar-refractivity contribution in [2.24, 2.45) is 22.7 Å². The third-order valence-electron chi connectivity index (χ3n) is 9.08. The molecule has 0 amide bonds. The summed E-state index contributed by atoms with van der Waals surface area (Å²) in [4.78, 5) is 25.4. The molecule has 7 heteroatoms. The molecule has 2 heterocycles. The van der Waals surface area contributed by atoms with Crippen LogP contribution in [0.2, 0.25) is 0 Å². The van der Waals surface area contributed by atoms with E-state index in [9.17, 15) is 24.9 Å². The van der Waals surface area contributed by atoms with Crippen molar-refractivity contribution in [1.29, 1.82) is 0 Å². The van der Waals surface area contributed by atoms with Crippen LogP contribution in [0.4, 0.5) is 0 Å². The Morgan fingerprint density at radius 3 is 2.41 bits per heavy atom. The van der Waals surface area contributed by atoms with Gasteiger partial charge >= 0.3 is 5.97 Å². The number of aliphatic hydroxyl groups excluding tert-OH is 2. The summed E-state index contributed by atoms with van der Waals surface area (Å²) in [6.45, 7) is 9.53. The number of ketones is 1. The van der Waals surface area contributed by atoms with Crippen molar-refractivity contribution < 1.29 is 34.4 Å². The first kappa shape index (κ1) is 21.7. The lowest BCUT2D eigenvalue weighted by molar-refractivity contribution is -0.222.